The molecule has 0 heterocycles. The third-order valence-electron chi connectivity index (χ3n) is 4.23. The number of carbonyl (C=O) groups is 2. The van der Waals surface area contributed by atoms with Crippen molar-refractivity contribution >= 4 is 33.4 Å². The minimum absolute atomic E-state index is 0.0534. The van der Waals surface area contributed by atoms with E-state index in [2.05, 4.69) is 26.6 Å². The monoisotopic (exact) mass is 386 g/mol. The Balaban J connectivity index is 1.51. The third kappa shape index (κ3) is 4.03. The van der Waals surface area contributed by atoms with Gasteiger partial charge in [0.1, 0.15) is 0 Å². The molecule has 1 aliphatic carbocycles. The molecule has 0 spiro atoms. The van der Waals surface area contributed by atoms with Gasteiger partial charge in [0.2, 0.25) is 11.8 Å². The maximum Gasteiger partial charge on any atom is 0.228 e. The first-order valence-electron chi connectivity index (χ1n) is 7.96. The molecule has 0 bridgehead atoms. The van der Waals surface area contributed by atoms with Gasteiger partial charge in [-0.15, -0.1) is 0 Å². The highest BCUT2D eigenvalue weighted by Crippen LogP contribution is 2.40. The van der Waals surface area contributed by atoms with E-state index in [1.54, 1.807) is 0 Å². The topological polar surface area (TPSA) is 58.2 Å². The maximum absolute atomic E-state index is 12.3. The lowest BCUT2D eigenvalue weighted by Gasteiger charge is -2.14. The fourth-order valence-electron chi connectivity index (χ4n) is 2.69. The molecule has 2 aromatic rings. The number of hydrogen-bond donors (Lipinski definition) is 2. The van der Waals surface area contributed by atoms with Gasteiger partial charge in [0.25, 0.3) is 0 Å². The van der Waals surface area contributed by atoms with Crippen LogP contribution >= 0.6 is 15.9 Å². The molecule has 24 heavy (non-hydrogen) atoms. The molecule has 3 atom stereocenters. The van der Waals surface area contributed by atoms with E-state index >= 15 is 0 Å². The number of rotatable bonds is 5. The van der Waals surface area contributed by atoms with Gasteiger partial charge in [-0.25, -0.2) is 0 Å². The Morgan fingerprint density at radius 1 is 1.00 bits per heavy atom. The predicted octanol–water partition coefficient (Wildman–Crippen LogP) is 3.90. The van der Waals surface area contributed by atoms with Crippen LogP contribution < -0.4 is 10.6 Å². The average Bonchev–Trinajstić information content (AvgIpc) is 3.38. The van der Waals surface area contributed by atoms with Crippen LogP contribution in [0.15, 0.2) is 59.1 Å². The van der Waals surface area contributed by atoms with Gasteiger partial charge >= 0.3 is 0 Å². The second kappa shape index (κ2) is 7.18. The first kappa shape index (κ1) is 16.7. The number of anilines is 1. The second-order valence-corrected chi connectivity index (χ2v) is 7.00. The number of carbonyl (C=O) groups excluding carboxylic acids is 2. The smallest absolute Gasteiger partial charge is 0.228 e. The van der Waals surface area contributed by atoms with E-state index in [9.17, 15) is 9.59 Å². The summed E-state index contributed by atoms with van der Waals surface area (Å²) in [4.78, 5) is 24.5. The standard InChI is InChI=1S/C19H19BrN2O2/c1-12(13-5-3-2-4-6-13)21-18(23)16-11-17(16)19(24)22-15-9-7-14(20)8-10-15/h2-10,12,16-17H,11H2,1H3,(H,21,23)(H,22,24). The Hall–Kier alpha value is -2.14. The lowest BCUT2D eigenvalue weighted by atomic mass is 10.1. The number of benzene rings is 2. The molecular formula is C19H19BrN2O2. The van der Waals surface area contributed by atoms with Crippen LogP contribution in [-0.2, 0) is 9.59 Å². The van der Waals surface area contributed by atoms with Crippen LogP contribution in [0.5, 0.6) is 0 Å². The minimum Gasteiger partial charge on any atom is -0.349 e. The van der Waals surface area contributed by atoms with Gasteiger partial charge in [-0.2, -0.15) is 0 Å². The van der Waals surface area contributed by atoms with E-state index in [1.165, 1.54) is 0 Å². The van der Waals surface area contributed by atoms with E-state index < -0.39 is 0 Å². The van der Waals surface area contributed by atoms with Crippen LogP contribution in [0, 0.1) is 11.8 Å². The van der Waals surface area contributed by atoms with E-state index in [1.807, 2.05) is 61.5 Å². The van der Waals surface area contributed by atoms with E-state index in [4.69, 9.17) is 0 Å². The summed E-state index contributed by atoms with van der Waals surface area (Å²) in [5.74, 6) is -0.615. The minimum atomic E-state index is -0.239. The zero-order chi connectivity index (χ0) is 17.1. The molecule has 5 heteroatoms. The molecule has 1 saturated carbocycles. The summed E-state index contributed by atoms with van der Waals surface area (Å²) in [5.41, 5.74) is 1.80. The van der Waals surface area contributed by atoms with Crippen molar-refractivity contribution in [3.8, 4) is 0 Å². The molecule has 0 aromatic heterocycles. The SMILES string of the molecule is CC(NC(=O)C1CC1C(=O)Nc1ccc(Br)cc1)c1ccccc1. The van der Waals surface area contributed by atoms with Gasteiger partial charge in [-0.1, -0.05) is 46.3 Å². The summed E-state index contributed by atoms with van der Waals surface area (Å²) < 4.78 is 0.957. The normalized spacial score (nSPS) is 20.1. The van der Waals surface area contributed by atoms with Crippen LogP contribution in [-0.4, -0.2) is 11.8 Å². The fourth-order valence-corrected chi connectivity index (χ4v) is 2.95. The Morgan fingerprint density at radius 3 is 2.29 bits per heavy atom. The highest BCUT2D eigenvalue weighted by Gasteiger charge is 2.48. The van der Waals surface area contributed by atoms with Crippen molar-refractivity contribution in [2.75, 3.05) is 5.32 Å². The van der Waals surface area contributed by atoms with Gasteiger partial charge < -0.3 is 10.6 Å². The largest absolute Gasteiger partial charge is 0.349 e. The zero-order valence-corrected chi connectivity index (χ0v) is 14.9. The predicted molar refractivity (Wildman–Crippen MR) is 97.4 cm³/mol. The zero-order valence-electron chi connectivity index (χ0n) is 13.3. The third-order valence-corrected chi connectivity index (χ3v) is 4.76. The highest BCUT2D eigenvalue weighted by atomic mass is 79.9. The van der Waals surface area contributed by atoms with Gasteiger partial charge in [0.15, 0.2) is 0 Å². The first-order chi connectivity index (χ1) is 11.5. The fraction of sp³-hybridized carbons (Fsp3) is 0.263. The number of amides is 2. The number of hydrogen-bond acceptors (Lipinski definition) is 2. The van der Waals surface area contributed by atoms with Crippen molar-refractivity contribution in [3.05, 3.63) is 64.6 Å². The maximum atomic E-state index is 12.3. The molecule has 124 valence electrons. The van der Waals surface area contributed by atoms with Crippen LogP contribution in [0.25, 0.3) is 0 Å². The number of nitrogens with one attached hydrogen (secondary N) is 2. The Kier molecular flexibility index (Phi) is 5.00. The van der Waals surface area contributed by atoms with E-state index in [0.29, 0.717) is 6.42 Å². The summed E-state index contributed by atoms with van der Waals surface area (Å²) >= 11 is 3.36. The van der Waals surface area contributed by atoms with Crippen molar-refractivity contribution in [1.29, 1.82) is 0 Å². The first-order valence-corrected chi connectivity index (χ1v) is 8.75. The van der Waals surface area contributed by atoms with Gasteiger partial charge in [-0.05, 0) is 43.2 Å². The molecule has 3 unspecified atom stereocenters. The van der Waals surface area contributed by atoms with Gasteiger partial charge in [0.05, 0.1) is 17.9 Å². The van der Waals surface area contributed by atoms with Crippen molar-refractivity contribution in [1.82, 2.24) is 5.32 Å². The molecule has 0 aliphatic heterocycles. The van der Waals surface area contributed by atoms with Crippen LogP contribution in [0.2, 0.25) is 0 Å². The Bertz CT molecular complexity index is 731. The molecule has 0 saturated heterocycles. The summed E-state index contributed by atoms with van der Waals surface area (Å²) in [7, 11) is 0. The van der Waals surface area contributed by atoms with E-state index in [0.717, 1.165) is 15.7 Å². The molecule has 2 N–H and O–H groups in total. The Labute approximate surface area is 149 Å². The average molecular weight is 387 g/mol. The van der Waals surface area contributed by atoms with Crippen LogP contribution in [0.3, 0.4) is 0 Å². The summed E-state index contributed by atoms with van der Waals surface area (Å²) in [5, 5.41) is 5.85. The van der Waals surface area contributed by atoms with Crippen molar-refractivity contribution < 1.29 is 9.59 Å². The summed E-state index contributed by atoms with van der Waals surface area (Å²) in [6.07, 6.45) is 0.607. The van der Waals surface area contributed by atoms with Crippen LogP contribution in [0.4, 0.5) is 5.69 Å². The lowest BCUT2D eigenvalue weighted by molar-refractivity contribution is -0.125. The second-order valence-electron chi connectivity index (χ2n) is 6.09. The summed E-state index contributed by atoms with van der Waals surface area (Å²) in [6.45, 7) is 1.95. The number of halogens is 1. The van der Waals surface area contributed by atoms with Gasteiger partial charge in [-0.3, -0.25) is 9.59 Å². The molecule has 4 nitrogen and oxygen atoms in total. The van der Waals surface area contributed by atoms with Crippen molar-refractivity contribution in [2.45, 2.75) is 19.4 Å². The molecule has 2 amide bonds. The lowest BCUT2D eigenvalue weighted by Crippen LogP contribution is -2.29. The van der Waals surface area contributed by atoms with Crippen molar-refractivity contribution in [2.24, 2.45) is 11.8 Å². The highest BCUT2D eigenvalue weighted by molar-refractivity contribution is 9.10. The quantitative estimate of drug-likeness (QED) is 0.818. The molecule has 1 aliphatic rings. The molecular weight excluding hydrogens is 368 g/mol. The molecule has 2 aromatic carbocycles. The van der Waals surface area contributed by atoms with Crippen LogP contribution in [0.1, 0.15) is 24.9 Å². The Morgan fingerprint density at radius 2 is 1.62 bits per heavy atom. The van der Waals surface area contributed by atoms with Gasteiger partial charge in [0, 0.05) is 10.2 Å². The van der Waals surface area contributed by atoms with Crippen molar-refractivity contribution in [3.63, 3.8) is 0 Å². The molecule has 3 rings (SSSR count). The summed E-state index contributed by atoms with van der Waals surface area (Å²) in [6, 6.07) is 17.1. The molecule has 0 radical (unpaired) electrons. The van der Waals surface area contributed by atoms with E-state index in [-0.39, 0.29) is 29.7 Å². The molecule has 1 fully saturated rings.